The Morgan fingerprint density at radius 3 is 2.35 bits per heavy atom. The standard InChI is InChI=1S/C16H21NO3.C2H7N/c1-5-16(11-17,15(2,3)10-14(18)19)12-7-6-8-13(9-12)20-4;1-3-2/h6-9H,5,10H2,1-4H3,(H,18,19);3H,1-2H3. The van der Waals surface area contributed by atoms with Crippen molar-refractivity contribution in [1.82, 2.24) is 5.32 Å². The minimum absolute atomic E-state index is 0.0639. The predicted molar refractivity (Wildman–Crippen MR) is 91.6 cm³/mol. The molecule has 0 radical (unpaired) electrons. The number of carbonyl (C=O) groups is 1. The van der Waals surface area contributed by atoms with Crippen molar-refractivity contribution < 1.29 is 14.6 Å². The van der Waals surface area contributed by atoms with Crippen LogP contribution in [0.1, 0.15) is 39.2 Å². The zero-order chi connectivity index (χ0) is 18.1. The maximum absolute atomic E-state index is 11.1. The number of nitrogens with one attached hydrogen (secondary N) is 1. The Bertz CT molecular complexity index is 549. The minimum atomic E-state index is -0.897. The number of hydrogen-bond acceptors (Lipinski definition) is 4. The van der Waals surface area contributed by atoms with E-state index in [1.807, 2.05) is 59.1 Å². The van der Waals surface area contributed by atoms with Crippen molar-refractivity contribution in [3.8, 4) is 11.8 Å². The van der Waals surface area contributed by atoms with Gasteiger partial charge in [0.1, 0.15) is 5.75 Å². The average Bonchev–Trinajstić information content (AvgIpc) is 2.48. The summed E-state index contributed by atoms with van der Waals surface area (Å²) < 4.78 is 5.21. The van der Waals surface area contributed by atoms with Crippen LogP contribution in [0.2, 0.25) is 0 Å². The van der Waals surface area contributed by atoms with E-state index in [2.05, 4.69) is 11.4 Å². The zero-order valence-electron chi connectivity index (χ0n) is 14.9. The summed E-state index contributed by atoms with van der Waals surface area (Å²) in [5.74, 6) is -0.229. The number of nitriles is 1. The summed E-state index contributed by atoms with van der Waals surface area (Å²) in [5, 5.41) is 21.6. The molecular formula is C18H28N2O3. The Labute approximate surface area is 139 Å². The smallest absolute Gasteiger partial charge is 0.303 e. The molecule has 1 rings (SSSR count). The van der Waals surface area contributed by atoms with Crippen LogP contribution in [-0.4, -0.2) is 32.3 Å². The number of ether oxygens (including phenoxy) is 1. The molecule has 0 aliphatic rings. The van der Waals surface area contributed by atoms with Crippen molar-refractivity contribution >= 4 is 5.97 Å². The van der Waals surface area contributed by atoms with Crippen LogP contribution in [0.25, 0.3) is 0 Å². The fourth-order valence-electron chi connectivity index (χ4n) is 2.79. The summed E-state index contributed by atoms with van der Waals surface area (Å²) in [6.07, 6.45) is 0.475. The Morgan fingerprint density at radius 2 is 1.96 bits per heavy atom. The highest BCUT2D eigenvalue weighted by molar-refractivity contribution is 5.68. The van der Waals surface area contributed by atoms with Crippen molar-refractivity contribution in [2.45, 2.75) is 39.0 Å². The maximum Gasteiger partial charge on any atom is 0.303 e. The fourth-order valence-corrected chi connectivity index (χ4v) is 2.79. The van der Waals surface area contributed by atoms with Crippen LogP contribution in [-0.2, 0) is 10.2 Å². The van der Waals surface area contributed by atoms with Gasteiger partial charge in [0.25, 0.3) is 0 Å². The zero-order valence-corrected chi connectivity index (χ0v) is 14.9. The van der Waals surface area contributed by atoms with Gasteiger partial charge < -0.3 is 15.2 Å². The van der Waals surface area contributed by atoms with Gasteiger partial charge in [-0.25, -0.2) is 0 Å². The summed E-state index contributed by atoms with van der Waals surface area (Å²) in [7, 11) is 5.32. The molecule has 0 heterocycles. The molecule has 5 nitrogen and oxygen atoms in total. The van der Waals surface area contributed by atoms with Crippen LogP contribution < -0.4 is 10.1 Å². The third-order valence-electron chi connectivity index (χ3n) is 4.03. The van der Waals surface area contributed by atoms with Gasteiger partial charge in [-0.2, -0.15) is 5.26 Å². The number of carboxylic acid groups (broad SMARTS) is 1. The molecule has 0 amide bonds. The number of hydrogen-bond donors (Lipinski definition) is 2. The molecule has 0 spiro atoms. The largest absolute Gasteiger partial charge is 0.497 e. The summed E-state index contributed by atoms with van der Waals surface area (Å²) in [5.41, 5.74) is -0.748. The van der Waals surface area contributed by atoms with E-state index in [1.165, 1.54) is 0 Å². The van der Waals surface area contributed by atoms with Crippen molar-refractivity contribution in [3.05, 3.63) is 29.8 Å². The molecule has 0 aliphatic heterocycles. The van der Waals surface area contributed by atoms with Crippen LogP contribution in [0.3, 0.4) is 0 Å². The lowest BCUT2D eigenvalue weighted by Crippen LogP contribution is -2.41. The second-order valence-electron chi connectivity index (χ2n) is 6.06. The first-order valence-corrected chi connectivity index (χ1v) is 7.60. The number of aliphatic carboxylic acids is 1. The number of methoxy groups -OCH3 is 1. The van der Waals surface area contributed by atoms with Gasteiger partial charge in [-0.3, -0.25) is 4.79 Å². The molecule has 0 aliphatic carbocycles. The van der Waals surface area contributed by atoms with Gasteiger partial charge >= 0.3 is 5.97 Å². The Balaban J connectivity index is 0.00000149. The summed E-state index contributed by atoms with van der Waals surface area (Å²) in [6, 6.07) is 9.67. The first kappa shape index (κ1) is 20.9. The first-order chi connectivity index (χ1) is 10.7. The van der Waals surface area contributed by atoms with Crippen LogP contribution in [0.4, 0.5) is 0 Å². The Kier molecular flexibility index (Phi) is 8.34. The van der Waals surface area contributed by atoms with Gasteiger partial charge in [-0.1, -0.05) is 32.9 Å². The summed E-state index contributed by atoms with van der Waals surface area (Å²) >= 11 is 0. The van der Waals surface area contributed by atoms with Gasteiger partial charge in [0.15, 0.2) is 0 Å². The van der Waals surface area contributed by atoms with Crippen LogP contribution in [0, 0.1) is 16.7 Å². The molecule has 0 aromatic heterocycles. The van der Waals surface area contributed by atoms with E-state index in [-0.39, 0.29) is 6.42 Å². The highest BCUT2D eigenvalue weighted by atomic mass is 16.5. The van der Waals surface area contributed by atoms with E-state index in [9.17, 15) is 10.1 Å². The molecule has 1 unspecified atom stereocenters. The summed E-state index contributed by atoms with van der Waals surface area (Å²) in [4.78, 5) is 11.1. The molecule has 1 aromatic carbocycles. The molecule has 0 saturated carbocycles. The number of nitrogens with zero attached hydrogens (tertiary/aromatic N) is 1. The maximum atomic E-state index is 11.1. The molecule has 0 fully saturated rings. The Hall–Kier alpha value is -2.06. The SMILES string of the molecule is CCC(C#N)(c1cccc(OC)c1)C(C)(C)CC(=O)O.CNC. The number of rotatable bonds is 6. The van der Waals surface area contributed by atoms with E-state index in [1.54, 1.807) is 7.11 Å². The van der Waals surface area contributed by atoms with Gasteiger partial charge in [-0.05, 0) is 43.6 Å². The summed E-state index contributed by atoms with van der Waals surface area (Å²) in [6.45, 7) is 5.56. The lowest BCUT2D eigenvalue weighted by Gasteiger charge is -2.41. The van der Waals surface area contributed by atoms with Crippen LogP contribution in [0.15, 0.2) is 24.3 Å². The molecule has 128 valence electrons. The van der Waals surface area contributed by atoms with Gasteiger partial charge in [0.05, 0.1) is 25.0 Å². The first-order valence-electron chi connectivity index (χ1n) is 7.60. The fraction of sp³-hybridized carbons (Fsp3) is 0.556. The minimum Gasteiger partial charge on any atom is -0.497 e. The molecule has 5 heteroatoms. The topological polar surface area (TPSA) is 82.3 Å². The third-order valence-corrected chi connectivity index (χ3v) is 4.03. The van der Waals surface area contributed by atoms with E-state index in [0.717, 1.165) is 5.56 Å². The van der Waals surface area contributed by atoms with E-state index in [4.69, 9.17) is 9.84 Å². The van der Waals surface area contributed by atoms with Crippen molar-refractivity contribution in [3.63, 3.8) is 0 Å². The van der Waals surface area contributed by atoms with Crippen molar-refractivity contribution in [2.24, 2.45) is 5.41 Å². The average molecular weight is 320 g/mol. The molecule has 23 heavy (non-hydrogen) atoms. The van der Waals surface area contributed by atoms with Gasteiger partial charge in [0.2, 0.25) is 0 Å². The van der Waals surface area contributed by atoms with Gasteiger partial charge in [-0.15, -0.1) is 0 Å². The normalized spacial score (nSPS) is 13.1. The van der Waals surface area contributed by atoms with Gasteiger partial charge in [0, 0.05) is 0 Å². The molecule has 2 N–H and O–H groups in total. The van der Waals surface area contributed by atoms with E-state index < -0.39 is 16.8 Å². The monoisotopic (exact) mass is 320 g/mol. The quantitative estimate of drug-likeness (QED) is 0.841. The molecular weight excluding hydrogens is 292 g/mol. The van der Waals surface area contributed by atoms with Crippen LogP contribution >= 0.6 is 0 Å². The predicted octanol–water partition coefficient (Wildman–Crippen LogP) is 3.20. The second kappa shape index (κ2) is 9.16. The lowest BCUT2D eigenvalue weighted by molar-refractivity contribution is -0.140. The van der Waals surface area contributed by atoms with Crippen LogP contribution in [0.5, 0.6) is 5.75 Å². The Morgan fingerprint density at radius 1 is 1.39 bits per heavy atom. The van der Waals surface area contributed by atoms with Crippen molar-refractivity contribution in [2.75, 3.05) is 21.2 Å². The second-order valence-corrected chi connectivity index (χ2v) is 6.06. The lowest BCUT2D eigenvalue weighted by atomic mass is 9.59. The van der Waals surface area contributed by atoms with E-state index in [0.29, 0.717) is 12.2 Å². The molecule has 1 atom stereocenters. The highest BCUT2D eigenvalue weighted by Gasteiger charge is 2.46. The molecule has 0 bridgehead atoms. The number of benzene rings is 1. The molecule has 0 saturated heterocycles. The number of carboxylic acids is 1. The van der Waals surface area contributed by atoms with Crippen molar-refractivity contribution in [1.29, 1.82) is 5.26 Å². The van der Waals surface area contributed by atoms with E-state index >= 15 is 0 Å². The third kappa shape index (κ3) is 4.97. The highest BCUT2D eigenvalue weighted by Crippen LogP contribution is 2.47. The molecule has 1 aromatic rings.